The number of hydrogen-bond donors (Lipinski definition) is 3. The van der Waals surface area contributed by atoms with Gasteiger partial charge in [0, 0.05) is 24.8 Å². The van der Waals surface area contributed by atoms with Gasteiger partial charge in [0.2, 0.25) is 0 Å². The number of H-pyrrole nitrogens is 1. The lowest BCUT2D eigenvalue weighted by Gasteiger charge is -2.26. The Morgan fingerprint density at radius 1 is 1.11 bits per heavy atom. The molecule has 2 aromatic rings. The van der Waals surface area contributed by atoms with Crippen LogP contribution in [0.4, 0.5) is 18.9 Å². The third kappa shape index (κ3) is 7.08. The quantitative estimate of drug-likeness (QED) is 0.532. The Hall–Kier alpha value is -3.34. The molecule has 1 saturated heterocycles. The summed E-state index contributed by atoms with van der Waals surface area (Å²) in [4.78, 5) is 39.9. The molecule has 8 nitrogen and oxygen atoms in total. The fourth-order valence-corrected chi connectivity index (χ4v) is 4.12. The zero-order chi connectivity index (χ0) is 26.3. The Bertz CT molecular complexity index is 1080. The Labute approximate surface area is 201 Å². The molecule has 1 aromatic heterocycles. The van der Waals surface area contributed by atoms with E-state index in [1.54, 1.807) is 0 Å². The van der Waals surface area contributed by atoms with E-state index in [0.717, 1.165) is 37.3 Å². The van der Waals surface area contributed by atoms with E-state index in [1.807, 2.05) is 19.1 Å². The van der Waals surface area contributed by atoms with Crippen LogP contribution in [0.5, 0.6) is 0 Å². The number of carboxylic acids is 2. The van der Waals surface area contributed by atoms with Crippen molar-refractivity contribution in [2.45, 2.75) is 45.8 Å². The van der Waals surface area contributed by atoms with Crippen LogP contribution in [0.3, 0.4) is 0 Å². The molecule has 3 rings (SSSR count). The van der Waals surface area contributed by atoms with Gasteiger partial charge in [-0.25, -0.2) is 9.59 Å². The molecule has 0 saturated carbocycles. The number of pyridine rings is 1. The average Bonchev–Trinajstić information content (AvgIpc) is 3.29. The maximum absolute atomic E-state index is 12.1. The van der Waals surface area contributed by atoms with Gasteiger partial charge in [-0.15, -0.1) is 0 Å². The van der Waals surface area contributed by atoms with Crippen LogP contribution in [0, 0.1) is 0 Å². The molecule has 0 bridgehead atoms. The number of aromatic amines is 1. The van der Waals surface area contributed by atoms with Gasteiger partial charge in [0.25, 0.3) is 5.56 Å². The SMILES string of the molecule is CCc1cc(C(=O)O)c(=O)[nH]c1-c1ccc(N2CCC(N(CC)CC)C2)cc1.O=C(O)C(F)(F)F. The highest BCUT2D eigenvalue weighted by Gasteiger charge is 2.38. The number of hydrogen-bond acceptors (Lipinski definition) is 5. The van der Waals surface area contributed by atoms with Crippen LogP contribution in [0.1, 0.15) is 43.1 Å². The highest BCUT2D eigenvalue weighted by molar-refractivity contribution is 5.88. The second kappa shape index (κ2) is 11.9. The van der Waals surface area contributed by atoms with Crippen LogP contribution < -0.4 is 10.5 Å². The summed E-state index contributed by atoms with van der Waals surface area (Å²) in [7, 11) is 0. The van der Waals surface area contributed by atoms with E-state index in [0.29, 0.717) is 18.2 Å². The molecule has 1 unspecified atom stereocenters. The number of carboxylic acid groups (broad SMARTS) is 2. The van der Waals surface area contributed by atoms with Crippen molar-refractivity contribution in [3.8, 4) is 11.3 Å². The summed E-state index contributed by atoms with van der Waals surface area (Å²) >= 11 is 0. The van der Waals surface area contributed by atoms with E-state index in [-0.39, 0.29) is 5.56 Å². The lowest BCUT2D eigenvalue weighted by molar-refractivity contribution is -0.192. The number of aromatic carboxylic acids is 1. The van der Waals surface area contributed by atoms with Crippen molar-refractivity contribution < 1.29 is 33.0 Å². The molecule has 0 spiro atoms. The number of halogens is 3. The second-order valence-corrected chi connectivity index (χ2v) is 8.03. The van der Waals surface area contributed by atoms with Crippen molar-refractivity contribution in [2.24, 2.45) is 0 Å². The van der Waals surface area contributed by atoms with Crippen LogP contribution in [0.25, 0.3) is 11.3 Å². The number of aromatic nitrogens is 1. The summed E-state index contributed by atoms with van der Waals surface area (Å²) in [6, 6.07) is 10.3. The maximum Gasteiger partial charge on any atom is 0.490 e. The smallest absolute Gasteiger partial charge is 0.477 e. The number of likely N-dealkylation sites (N-methyl/N-ethyl adjacent to an activating group) is 1. The first-order valence-corrected chi connectivity index (χ1v) is 11.3. The van der Waals surface area contributed by atoms with Crippen LogP contribution >= 0.6 is 0 Å². The summed E-state index contributed by atoms with van der Waals surface area (Å²) in [6.45, 7) is 10.6. The van der Waals surface area contributed by atoms with E-state index in [9.17, 15) is 27.9 Å². The van der Waals surface area contributed by atoms with Crippen molar-refractivity contribution in [1.82, 2.24) is 9.88 Å². The lowest BCUT2D eigenvalue weighted by Crippen LogP contribution is -2.37. The zero-order valence-electron chi connectivity index (χ0n) is 19.9. The monoisotopic (exact) mass is 497 g/mol. The van der Waals surface area contributed by atoms with Crippen molar-refractivity contribution in [3.05, 3.63) is 51.8 Å². The van der Waals surface area contributed by atoms with Gasteiger partial charge in [-0.05, 0) is 55.3 Å². The van der Waals surface area contributed by atoms with E-state index < -0.39 is 23.7 Å². The van der Waals surface area contributed by atoms with E-state index >= 15 is 0 Å². The van der Waals surface area contributed by atoms with Gasteiger partial charge < -0.3 is 20.1 Å². The first-order valence-electron chi connectivity index (χ1n) is 11.3. The van der Waals surface area contributed by atoms with Gasteiger partial charge in [0.15, 0.2) is 0 Å². The molecule has 1 aliphatic heterocycles. The number of benzene rings is 1. The van der Waals surface area contributed by atoms with Crippen LogP contribution in [0.2, 0.25) is 0 Å². The molecule has 1 aromatic carbocycles. The third-order valence-corrected chi connectivity index (χ3v) is 5.99. The molecule has 2 heterocycles. The molecule has 0 aliphatic carbocycles. The van der Waals surface area contributed by atoms with Crippen LogP contribution in [-0.4, -0.2) is 70.4 Å². The number of nitrogens with one attached hydrogen (secondary N) is 1. The predicted octanol–water partition coefficient (Wildman–Crippen LogP) is 3.86. The largest absolute Gasteiger partial charge is 0.490 e. The molecule has 3 N–H and O–H groups in total. The van der Waals surface area contributed by atoms with Crippen LogP contribution in [-0.2, 0) is 11.2 Å². The summed E-state index contributed by atoms with van der Waals surface area (Å²) in [5.41, 5.74) is 2.83. The molecule has 192 valence electrons. The Balaban J connectivity index is 0.000000540. The van der Waals surface area contributed by atoms with Gasteiger partial charge in [-0.1, -0.05) is 32.9 Å². The molecule has 1 aliphatic rings. The van der Waals surface area contributed by atoms with Crippen LogP contribution in [0.15, 0.2) is 35.1 Å². The number of anilines is 1. The van der Waals surface area contributed by atoms with Crippen molar-refractivity contribution in [2.75, 3.05) is 31.1 Å². The Morgan fingerprint density at radius 3 is 2.14 bits per heavy atom. The number of nitrogens with zero attached hydrogens (tertiary/aromatic N) is 2. The molecule has 35 heavy (non-hydrogen) atoms. The minimum Gasteiger partial charge on any atom is -0.477 e. The molecular weight excluding hydrogens is 467 g/mol. The number of aryl methyl sites for hydroxylation is 1. The zero-order valence-corrected chi connectivity index (χ0v) is 19.9. The molecule has 1 fully saturated rings. The Kier molecular flexibility index (Phi) is 9.47. The third-order valence-electron chi connectivity index (χ3n) is 5.99. The minimum absolute atomic E-state index is 0.211. The van der Waals surface area contributed by atoms with Gasteiger partial charge in [-0.2, -0.15) is 13.2 Å². The number of carbonyl (C=O) groups is 2. The summed E-state index contributed by atoms with van der Waals surface area (Å²) in [5.74, 6) is -3.96. The number of aliphatic carboxylic acids is 1. The van der Waals surface area contributed by atoms with E-state index in [2.05, 4.69) is 40.8 Å². The fraction of sp³-hybridized carbons (Fsp3) is 0.458. The number of alkyl halides is 3. The topological polar surface area (TPSA) is 114 Å². The van der Waals surface area contributed by atoms with E-state index in [1.165, 1.54) is 18.2 Å². The molecule has 0 radical (unpaired) electrons. The van der Waals surface area contributed by atoms with Crippen molar-refractivity contribution in [3.63, 3.8) is 0 Å². The Morgan fingerprint density at radius 2 is 1.69 bits per heavy atom. The van der Waals surface area contributed by atoms with Crippen molar-refractivity contribution >= 4 is 17.6 Å². The summed E-state index contributed by atoms with van der Waals surface area (Å²) < 4.78 is 31.7. The van der Waals surface area contributed by atoms with Gasteiger partial charge in [-0.3, -0.25) is 9.69 Å². The normalized spacial score (nSPS) is 15.6. The molecule has 0 amide bonds. The predicted molar refractivity (Wildman–Crippen MR) is 126 cm³/mol. The van der Waals surface area contributed by atoms with E-state index in [4.69, 9.17) is 9.90 Å². The number of rotatable bonds is 7. The highest BCUT2D eigenvalue weighted by Crippen LogP contribution is 2.27. The first-order chi connectivity index (χ1) is 16.4. The lowest BCUT2D eigenvalue weighted by atomic mass is 10.0. The van der Waals surface area contributed by atoms with Crippen molar-refractivity contribution in [1.29, 1.82) is 0 Å². The fourth-order valence-electron chi connectivity index (χ4n) is 4.12. The second-order valence-electron chi connectivity index (χ2n) is 8.03. The maximum atomic E-state index is 12.1. The standard InChI is InChI=1S/C22H29N3O3.C2HF3O2/c1-4-15-13-19(22(27)28)21(26)23-20(15)16-7-9-17(10-8-16)25-12-11-18(14-25)24(5-2)6-3;3-2(4,5)1(6)7/h7-10,13,18H,4-6,11-12,14H2,1-3H3,(H,23,26)(H,27,28);(H,6,7). The van der Waals surface area contributed by atoms with Gasteiger partial charge in [0.1, 0.15) is 5.56 Å². The first kappa shape index (κ1) is 27.9. The van der Waals surface area contributed by atoms with Gasteiger partial charge >= 0.3 is 18.1 Å². The van der Waals surface area contributed by atoms with Gasteiger partial charge in [0.05, 0.1) is 5.69 Å². The highest BCUT2D eigenvalue weighted by atomic mass is 19.4. The summed E-state index contributed by atoms with van der Waals surface area (Å²) in [6.07, 6.45) is -3.26. The molecule has 1 atom stereocenters. The minimum atomic E-state index is -5.08. The molecular formula is C24H30F3N3O5. The average molecular weight is 498 g/mol. The molecule has 11 heteroatoms. The summed E-state index contributed by atoms with van der Waals surface area (Å²) in [5, 5.41) is 16.3.